The minimum Gasteiger partial charge on any atom is -0.487 e. The van der Waals surface area contributed by atoms with E-state index in [-0.39, 0.29) is 48.4 Å². The molecule has 6 rings (SSSR count). The summed E-state index contributed by atoms with van der Waals surface area (Å²) in [5, 5.41) is 3.18. The van der Waals surface area contributed by atoms with Crippen molar-refractivity contribution in [2.24, 2.45) is 0 Å². The monoisotopic (exact) mass is 684 g/mol. The summed E-state index contributed by atoms with van der Waals surface area (Å²) >= 11 is 0. The number of methoxy groups -OCH3 is 1. The maximum atomic E-state index is 15.9. The van der Waals surface area contributed by atoms with E-state index in [4.69, 9.17) is 23.7 Å². The molecule has 3 aromatic carbocycles. The Balaban J connectivity index is 1.36. The van der Waals surface area contributed by atoms with Crippen LogP contribution in [0, 0.1) is 12.7 Å². The molecular weight excluding hydrogens is 647 g/mol. The van der Waals surface area contributed by atoms with Crippen molar-refractivity contribution in [1.82, 2.24) is 14.1 Å². The Morgan fingerprint density at radius 1 is 1.00 bits per heavy atom. The van der Waals surface area contributed by atoms with Crippen molar-refractivity contribution in [3.8, 4) is 34.4 Å². The van der Waals surface area contributed by atoms with Gasteiger partial charge in [0.05, 0.1) is 23.2 Å². The Morgan fingerprint density at radius 2 is 1.74 bits per heavy atom. The number of fused-ring (bicyclic) bond motifs is 3. The smallest absolute Gasteiger partial charge is 0.335 e. The van der Waals surface area contributed by atoms with Gasteiger partial charge >= 0.3 is 5.69 Å². The lowest BCUT2D eigenvalue weighted by Gasteiger charge is -2.24. The topological polar surface area (TPSA) is 132 Å². The van der Waals surface area contributed by atoms with Crippen molar-refractivity contribution in [2.45, 2.75) is 40.2 Å². The van der Waals surface area contributed by atoms with E-state index in [9.17, 15) is 14.4 Å². The van der Waals surface area contributed by atoms with Crippen LogP contribution in [0.5, 0.6) is 28.7 Å². The lowest BCUT2D eigenvalue weighted by atomic mass is 10.00. The molecule has 0 spiro atoms. The van der Waals surface area contributed by atoms with E-state index in [2.05, 4.69) is 10.3 Å². The summed E-state index contributed by atoms with van der Waals surface area (Å²) in [4.78, 5) is 44.8. The molecule has 12 nitrogen and oxygen atoms in total. The van der Waals surface area contributed by atoms with Gasteiger partial charge in [-0.15, -0.1) is 0 Å². The van der Waals surface area contributed by atoms with E-state index in [1.165, 1.54) is 23.0 Å². The fourth-order valence-corrected chi connectivity index (χ4v) is 5.65. The number of aromatic nitrogens is 3. The number of carbonyl (C=O) groups excluding carboxylic acids is 1. The van der Waals surface area contributed by atoms with E-state index in [0.29, 0.717) is 52.6 Å². The van der Waals surface area contributed by atoms with E-state index in [0.717, 1.165) is 16.2 Å². The molecule has 0 saturated heterocycles. The Morgan fingerprint density at radius 3 is 2.44 bits per heavy atom. The molecule has 1 aliphatic rings. The largest absolute Gasteiger partial charge is 0.487 e. The van der Waals surface area contributed by atoms with Crippen molar-refractivity contribution in [3.63, 3.8) is 0 Å². The number of nitrogens with one attached hydrogen (secondary N) is 1. The first-order valence-corrected chi connectivity index (χ1v) is 16.2. The van der Waals surface area contributed by atoms with Crippen LogP contribution in [-0.2, 0) is 11.3 Å². The van der Waals surface area contributed by atoms with Crippen molar-refractivity contribution >= 4 is 22.5 Å². The minimum atomic E-state index is -0.793. The fraction of sp³-hybridized carbons (Fsp3) is 0.297. The highest BCUT2D eigenvalue weighted by atomic mass is 19.1. The number of halogens is 1. The number of rotatable bonds is 11. The maximum Gasteiger partial charge on any atom is 0.335 e. The highest BCUT2D eigenvalue weighted by Gasteiger charge is 2.26. The van der Waals surface area contributed by atoms with Crippen LogP contribution in [0.15, 0.2) is 70.5 Å². The SMILES string of the molecule is CCn1cc(C(=O)Nc2cc(F)c(Oc3ccnc4cc(OCCOC)c5c(c34)OCCO5)cc2C(C)C)c(=O)n(-c2ccc(C)cc2)c1=O. The second-order valence-electron chi connectivity index (χ2n) is 11.9. The summed E-state index contributed by atoms with van der Waals surface area (Å²) in [6, 6.07) is 12.8. The molecule has 260 valence electrons. The van der Waals surface area contributed by atoms with Crippen LogP contribution in [0.4, 0.5) is 10.1 Å². The van der Waals surface area contributed by atoms with Crippen LogP contribution in [0.3, 0.4) is 0 Å². The molecule has 1 aliphatic heterocycles. The Hall–Kier alpha value is -5.69. The van der Waals surface area contributed by atoms with Crippen molar-refractivity contribution in [2.75, 3.05) is 38.9 Å². The number of hydrogen-bond donors (Lipinski definition) is 1. The number of anilines is 1. The molecular formula is C37H37FN4O8. The lowest BCUT2D eigenvalue weighted by molar-refractivity contribution is 0.102. The molecule has 0 saturated carbocycles. The molecule has 0 aliphatic carbocycles. The molecule has 0 bridgehead atoms. The van der Waals surface area contributed by atoms with Gasteiger partial charge in [-0.2, -0.15) is 0 Å². The van der Waals surface area contributed by atoms with Crippen molar-refractivity contribution in [3.05, 3.63) is 104 Å². The average Bonchev–Trinajstić information content (AvgIpc) is 3.10. The molecule has 5 aromatic rings. The van der Waals surface area contributed by atoms with Crippen LogP contribution >= 0.6 is 0 Å². The molecule has 1 amide bonds. The van der Waals surface area contributed by atoms with Gasteiger partial charge in [-0.3, -0.25) is 19.1 Å². The van der Waals surface area contributed by atoms with Crippen LogP contribution in [-0.4, -0.2) is 53.6 Å². The van der Waals surface area contributed by atoms with E-state index in [1.54, 1.807) is 50.4 Å². The zero-order valence-corrected chi connectivity index (χ0v) is 28.4. The number of nitrogens with zero attached hydrogens (tertiary/aromatic N) is 3. The van der Waals surface area contributed by atoms with Crippen LogP contribution in [0.1, 0.15) is 48.2 Å². The van der Waals surface area contributed by atoms with Gasteiger partial charge in [-0.1, -0.05) is 31.5 Å². The molecule has 0 radical (unpaired) electrons. The quantitative estimate of drug-likeness (QED) is 0.167. The van der Waals surface area contributed by atoms with Crippen LogP contribution in [0.25, 0.3) is 16.6 Å². The zero-order chi connectivity index (χ0) is 35.5. The molecule has 13 heteroatoms. The highest BCUT2D eigenvalue weighted by molar-refractivity contribution is 6.04. The lowest BCUT2D eigenvalue weighted by Crippen LogP contribution is -2.42. The van der Waals surface area contributed by atoms with Gasteiger partial charge in [0, 0.05) is 43.9 Å². The molecule has 0 unspecified atom stereocenters. The van der Waals surface area contributed by atoms with Crippen LogP contribution < -0.4 is 35.5 Å². The molecule has 2 aromatic heterocycles. The van der Waals surface area contributed by atoms with Crippen LogP contribution in [0.2, 0.25) is 0 Å². The highest BCUT2D eigenvalue weighted by Crippen LogP contribution is 2.48. The average molecular weight is 685 g/mol. The van der Waals surface area contributed by atoms with Gasteiger partial charge in [0.1, 0.15) is 31.1 Å². The Bertz CT molecular complexity index is 2190. The molecule has 0 fully saturated rings. The van der Waals surface area contributed by atoms with E-state index >= 15 is 4.39 Å². The zero-order valence-electron chi connectivity index (χ0n) is 28.4. The third-order valence-corrected chi connectivity index (χ3v) is 8.22. The molecule has 3 heterocycles. The van der Waals surface area contributed by atoms with Gasteiger partial charge in [0.25, 0.3) is 11.5 Å². The number of carbonyl (C=O) groups is 1. The summed E-state index contributed by atoms with van der Waals surface area (Å²) in [6.07, 6.45) is 2.75. The van der Waals surface area contributed by atoms with E-state index < -0.39 is 23.0 Å². The van der Waals surface area contributed by atoms with Gasteiger partial charge in [0.2, 0.25) is 5.75 Å². The summed E-state index contributed by atoms with van der Waals surface area (Å²) in [5.74, 6) is -0.418. The van der Waals surface area contributed by atoms with Gasteiger partial charge in [0.15, 0.2) is 23.1 Å². The van der Waals surface area contributed by atoms with E-state index in [1.807, 2.05) is 20.8 Å². The summed E-state index contributed by atoms with van der Waals surface area (Å²) in [5.41, 5.74) is 0.806. The predicted molar refractivity (Wildman–Crippen MR) is 185 cm³/mol. The first-order chi connectivity index (χ1) is 24.1. The molecule has 50 heavy (non-hydrogen) atoms. The standard InChI is InChI=1S/C37H37FN4O8/c1-6-41-20-25(36(44)42(37(41)45)23-9-7-22(4)8-10-23)35(43)40-27-18-26(38)30(17-24(27)21(2)3)50-29-11-12-39-28-19-31(47-14-13-46-5)33-34(32(28)29)49-16-15-48-33/h7-12,17-21H,6,13-16H2,1-5H3,(H,40,43). The summed E-state index contributed by atoms with van der Waals surface area (Å²) in [6.45, 7) is 8.84. The van der Waals surface area contributed by atoms with Crippen molar-refractivity contribution in [1.29, 1.82) is 0 Å². The normalized spacial score (nSPS) is 12.3. The third-order valence-electron chi connectivity index (χ3n) is 8.22. The number of pyridine rings is 1. The number of ether oxygens (including phenoxy) is 5. The molecule has 1 N–H and O–H groups in total. The second kappa shape index (κ2) is 14.4. The maximum absolute atomic E-state index is 15.9. The molecule has 0 atom stereocenters. The minimum absolute atomic E-state index is 0.105. The Labute approximate surface area is 287 Å². The van der Waals surface area contributed by atoms with Crippen molar-refractivity contribution < 1.29 is 32.9 Å². The number of benzene rings is 3. The fourth-order valence-electron chi connectivity index (χ4n) is 5.65. The second-order valence-corrected chi connectivity index (χ2v) is 11.9. The number of amides is 1. The summed E-state index contributed by atoms with van der Waals surface area (Å²) in [7, 11) is 1.58. The van der Waals surface area contributed by atoms with Gasteiger partial charge < -0.3 is 29.0 Å². The predicted octanol–water partition coefficient (Wildman–Crippen LogP) is 5.98. The Kier molecular flexibility index (Phi) is 9.86. The number of hydrogen-bond acceptors (Lipinski definition) is 9. The van der Waals surface area contributed by atoms with Gasteiger partial charge in [-0.05, 0) is 49.6 Å². The number of aryl methyl sites for hydroxylation is 2. The first-order valence-electron chi connectivity index (χ1n) is 16.2. The summed E-state index contributed by atoms with van der Waals surface area (Å²) < 4.78 is 47.1. The first kappa shape index (κ1) is 34.2. The third kappa shape index (κ3) is 6.64. The van der Waals surface area contributed by atoms with Gasteiger partial charge in [-0.25, -0.2) is 13.8 Å².